The Balaban J connectivity index is 2.44. The lowest BCUT2D eigenvalue weighted by Gasteiger charge is -2.15. The molecule has 0 spiro atoms. The topological polar surface area (TPSA) is 29.5 Å². The summed E-state index contributed by atoms with van der Waals surface area (Å²) in [5.74, 6) is 0.841. The van der Waals surface area contributed by atoms with Gasteiger partial charge in [0.05, 0.1) is 6.10 Å². The van der Waals surface area contributed by atoms with Crippen molar-refractivity contribution < 1.29 is 14.2 Å². The minimum atomic E-state index is -0.786. The third-order valence-electron chi connectivity index (χ3n) is 3.16. The van der Waals surface area contributed by atoms with Gasteiger partial charge < -0.3 is 9.84 Å². The van der Waals surface area contributed by atoms with Crippen molar-refractivity contribution in [3.8, 4) is 11.5 Å². The third-order valence-corrected chi connectivity index (χ3v) is 3.16. The average molecular weight is 274 g/mol. The van der Waals surface area contributed by atoms with Gasteiger partial charge in [-0.15, -0.1) is 0 Å². The molecule has 0 aromatic heterocycles. The molecule has 0 bridgehead atoms. The zero-order chi connectivity index (χ0) is 14.9. The number of hydrogen-bond donors (Lipinski definition) is 1. The zero-order valence-electron chi connectivity index (χ0n) is 12.2. The van der Waals surface area contributed by atoms with Crippen molar-refractivity contribution in [2.45, 2.75) is 33.8 Å². The molecule has 0 aliphatic carbocycles. The van der Waals surface area contributed by atoms with Crippen molar-refractivity contribution in [1.29, 1.82) is 0 Å². The second-order valence-corrected chi connectivity index (χ2v) is 5.24. The van der Waals surface area contributed by atoms with Crippen LogP contribution in [0.3, 0.4) is 0 Å². The molecule has 0 amide bonds. The SMILES string of the molecule is Cc1cc(C)cc(Oc2cc(C)c(F)cc2[C@@H](C)O)c1. The molecule has 0 heterocycles. The van der Waals surface area contributed by atoms with Crippen LogP contribution >= 0.6 is 0 Å². The average Bonchev–Trinajstić information content (AvgIpc) is 2.31. The van der Waals surface area contributed by atoms with E-state index < -0.39 is 6.10 Å². The van der Waals surface area contributed by atoms with Gasteiger partial charge in [-0.3, -0.25) is 0 Å². The highest BCUT2D eigenvalue weighted by Gasteiger charge is 2.14. The fraction of sp³-hybridized carbons (Fsp3) is 0.294. The number of benzene rings is 2. The molecule has 1 N–H and O–H groups in total. The maximum atomic E-state index is 13.6. The molecule has 2 rings (SSSR count). The van der Waals surface area contributed by atoms with Crippen LogP contribution in [-0.4, -0.2) is 5.11 Å². The highest BCUT2D eigenvalue weighted by atomic mass is 19.1. The summed E-state index contributed by atoms with van der Waals surface area (Å²) in [6.07, 6.45) is -0.786. The zero-order valence-corrected chi connectivity index (χ0v) is 12.2. The summed E-state index contributed by atoms with van der Waals surface area (Å²) in [5, 5.41) is 9.76. The van der Waals surface area contributed by atoms with Crippen LogP contribution < -0.4 is 4.74 Å². The van der Waals surface area contributed by atoms with E-state index >= 15 is 0 Å². The van der Waals surface area contributed by atoms with E-state index in [1.165, 1.54) is 6.07 Å². The smallest absolute Gasteiger partial charge is 0.133 e. The second-order valence-electron chi connectivity index (χ2n) is 5.24. The molecule has 1 atom stereocenters. The third kappa shape index (κ3) is 3.17. The Morgan fingerprint density at radius 3 is 2.15 bits per heavy atom. The summed E-state index contributed by atoms with van der Waals surface area (Å²) in [6.45, 7) is 7.25. The van der Waals surface area contributed by atoms with Gasteiger partial charge in [0.1, 0.15) is 17.3 Å². The Morgan fingerprint density at radius 1 is 1.00 bits per heavy atom. The predicted molar refractivity (Wildman–Crippen MR) is 77.8 cm³/mol. The first-order valence-corrected chi connectivity index (χ1v) is 6.61. The fourth-order valence-electron chi connectivity index (χ4n) is 2.20. The minimum absolute atomic E-state index is 0.339. The molecule has 0 fully saturated rings. The number of aliphatic hydroxyl groups excluding tert-OH is 1. The molecular weight excluding hydrogens is 255 g/mol. The first-order valence-electron chi connectivity index (χ1n) is 6.61. The number of ether oxygens (including phenoxy) is 1. The normalized spacial score (nSPS) is 12.3. The Hall–Kier alpha value is -1.87. The molecule has 20 heavy (non-hydrogen) atoms. The van der Waals surface area contributed by atoms with Crippen molar-refractivity contribution in [3.63, 3.8) is 0 Å². The second kappa shape index (κ2) is 5.63. The van der Waals surface area contributed by atoms with Gasteiger partial charge in [0.15, 0.2) is 0 Å². The minimum Gasteiger partial charge on any atom is -0.457 e. The van der Waals surface area contributed by atoms with Crippen LogP contribution in [-0.2, 0) is 0 Å². The van der Waals surface area contributed by atoms with Gasteiger partial charge in [0, 0.05) is 5.56 Å². The number of aryl methyl sites for hydroxylation is 3. The van der Waals surface area contributed by atoms with Gasteiger partial charge in [-0.05, 0) is 68.7 Å². The van der Waals surface area contributed by atoms with Crippen LogP contribution in [0.25, 0.3) is 0 Å². The molecule has 3 heteroatoms. The van der Waals surface area contributed by atoms with E-state index in [1.54, 1.807) is 19.9 Å². The summed E-state index contributed by atoms with van der Waals surface area (Å²) in [7, 11) is 0. The molecule has 0 radical (unpaired) electrons. The number of halogens is 1. The van der Waals surface area contributed by atoms with Crippen LogP contribution in [0.15, 0.2) is 30.3 Å². The molecule has 0 saturated heterocycles. The largest absolute Gasteiger partial charge is 0.457 e. The van der Waals surface area contributed by atoms with Crippen molar-refractivity contribution in [1.82, 2.24) is 0 Å². The highest BCUT2D eigenvalue weighted by Crippen LogP contribution is 2.32. The maximum Gasteiger partial charge on any atom is 0.133 e. The fourth-order valence-corrected chi connectivity index (χ4v) is 2.20. The van der Waals surface area contributed by atoms with Crippen LogP contribution in [0.4, 0.5) is 4.39 Å². The maximum absolute atomic E-state index is 13.6. The molecule has 106 valence electrons. The standard InChI is InChI=1S/C17H19FO2/c1-10-5-11(2)7-14(6-10)20-17-8-12(3)16(18)9-15(17)13(4)19/h5-9,13,19H,1-4H3/t13-/m1/s1. The van der Waals surface area contributed by atoms with Gasteiger partial charge in [0.2, 0.25) is 0 Å². The van der Waals surface area contributed by atoms with E-state index in [9.17, 15) is 9.50 Å². The monoisotopic (exact) mass is 274 g/mol. The first kappa shape index (κ1) is 14.5. The van der Waals surface area contributed by atoms with E-state index in [1.807, 2.05) is 26.0 Å². The molecule has 2 nitrogen and oxygen atoms in total. The van der Waals surface area contributed by atoms with E-state index in [-0.39, 0.29) is 5.82 Å². The van der Waals surface area contributed by atoms with Crippen LogP contribution in [0.1, 0.15) is 35.3 Å². The molecule has 0 aliphatic rings. The van der Waals surface area contributed by atoms with E-state index in [2.05, 4.69) is 6.07 Å². The van der Waals surface area contributed by atoms with Crippen LogP contribution in [0.2, 0.25) is 0 Å². The van der Waals surface area contributed by atoms with Gasteiger partial charge in [-0.25, -0.2) is 4.39 Å². The molecule has 0 saturated carbocycles. The van der Waals surface area contributed by atoms with Crippen molar-refractivity contribution in [3.05, 3.63) is 58.4 Å². The van der Waals surface area contributed by atoms with Gasteiger partial charge in [-0.1, -0.05) is 6.07 Å². The van der Waals surface area contributed by atoms with E-state index in [0.29, 0.717) is 22.6 Å². The lowest BCUT2D eigenvalue weighted by molar-refractivity contribution is 0.195. The Morgan fingerprint density at radius 2 is 1.60 bits per heavy atom. The summed E-state index contributed by atoms with van der Waals surface area (Å²) >= 11 is 0. The summed E-state index contributed by atoms with van der Waals surface area (Å²) in [6, 6.07) is 8.83. The van der Waals surface area contributed by atoms with Gasteiger partial charge >= 0.3 is 0 Å². The Labute approximate surface area is 118 Å². The molecular formula is C17H19FO2. The first-order chi connectivity index (χ1) is 9.36. The lowest BCUT2D eigenvalue weighted by Crippen LogP contribution is -1.99. The van der Waals surface area contributed by atoms with Crippen molar-refractivity contribution >= 4 is 0 Å². The summed E-state index contributed by atoms with van der Waals surface area (Å²) in [5.41, 5.74) is 3.14. The van der Waals surface area contributed by atoms with Gasteiger partial charge in [-0.2, -0.15) is 0 Å². The molecule has 2 aromatic rings. The molecule has 0 aliphatic heterocycles. The van der Waals surface area contributed by atoms with E-state index in [4.69, 9.17) is 4.74 Å². The molecule has 2 aromatic carbocycles. The summed E-state index contributed by atoms with van der Waals surface area (Å²) < 4.78 is 19.5. The van der Waals surface area contributed by atoms with E-state index in [0.717, 1.165) is 11.1 Å². The summed E-state index contributed by atoms with van der Waals surface area (Å²) in [4.78, 5) is 0. The Kier molecular flexibility index (Phi) is 4.09. The number of hydrogen-bond acceptors (Lipinski definition) is 2. The molecule has 0 unspecified atom stereocenters. The predicted octanol–water partition coefficient (Wildman–Crippen LogP) is 4.60. The van der Waals surface area contributed by atoms with Crippen LogP contribution in [0.5, 0.6) is 11.5 Å². The Bertz CT molecular complexity index is 613. The van der Waals surface area contributed by atoms with Crippen molar-refractivity contribution in [2.75, 3.05) is 0 Å². The van der Waals surface area contributed by atoms with Crippen molar-refractivity contribution in [2.24, 2.45) is 0 Å². The van der Waals surface area contributed by atoms with Crippen LogP contribution in [0, 0.1) is 26.6 Å². The lowest BCUT2D eigenvalue weighted by atomic mass is 10.1. The highest BCUT2D eigenvalue weighted by molar-refractivity contribution is 5.43. The quantitative estimate of drug-likeness (QED) is 0.886. The van der Waals surface area contributed by atoms with Gasteiger partial charge in [0.25, 0.3) is 0 Å². The number of aliphatic hydroxyl groups is 1. The number of rotatable bonds is 3.